The highest BCUT2D eigenvalue weighted by molar-refractivity contribution is 7.99. The highest BCUT2D eigenvalue weighted by atomic mass is 32.2. The van der Waals surface area contributed by atoms with Gasteiger partial charge >= 0.3 is 0 Å². The van der Waals surface area contributed by atoms with Gasteiger partial charge in [0.25, 0.3) is 10.4 Å². The van der Waals surface area contributed by atoms with Crippen molar-refractivity contribution < 1.29 is 8.83 Å². The fraction of sp³-hybridized carbons (Fsp3) is 0.158. The SMILES string of the molecule is c1ccc(-c2nnc(SCCCSc3nnc(-c4ccccc4)o3)o2)cc1. The third-order valence-corrected chi connectivity index (χ3v) is 5.40. The molecule has 4 rings (SSSR count). The fourth-order valence-electron chi connectivity index (χ4n) is 2.31. The maximum Gasteiger partial charge on any atom is 0.276 e. The molecule has 4 aromatic rings. The molecule has 0 atom stereocenters. The van der Waals surface area contributed by atoms with E-state index in [1.165, 1.54) is 0 Å². The fourth-order valence-corrected chi connectivity index (χ4v) is 3.89. The van der Waals surface area contributed by atoms with Crippen molar-refractivity contribution in [2.24, 2.45) is 0 Å². The zero-order valence-electron chi connectivity index (χ0n) is 14.3. The monoisotopic (exact) mass is 396 g/mol. The minimum Gasteiger partial charge on any atom is -0.411 e. The Morgan fingerprint density at radius 1 is 0.593 bits per heavy atom. The molecule has 0 saturated carbocycles. The second-order valence-electron chi connectivity index (χ2n) is 5.53. The molecular formula is C19H16N4O2S2. The van der Waals surface area contributed by atoms with E-state index in [2.05, 4.69) is 20.4 Å². The van der Waals surface area contributed by atoms with Crippen LogP contribution in [0.15, 0.2) is 79.9 Å². The Labute approximate surface area is 164 Å². The van der Waals surface area contributed by atoms with Gasteiger partial charge in [0.15, 0.2) is 0 Å². The Balaban J connectivity index is 1.21. The summed E-state index contributed by atoms with van der Waals surface area (Å²) in [6.07, 6.45) is 0.960. The molecule has 27 heavy (non-hydrogen) atoms. The highest BCUT2D eigenvalue weighted by Crippen LogP contribution is 2.26. The minimum atomic E-state index is 0.548. The zero-order valence-corrected chi connectivity index (χ0v) is 15.9. The molecule has 2 aromatic carbocycles. The second kappa shape index (κ2) is 8.88. The molecule has 0 unspecified atom stereocenters. The van der Waals surface area contributed by atoms with Gasteiger partial charge in [0, 0.05) is 22.6 Å². The van der Waals surface area contributed by atoms with Crippen molar-refractivity contribution in [1.29, 1.82) is 0 Å². The minimum absolute atomic E-state index is 0.548. The van der Waals surface area contributed by atoms with Crippen LogP contribution in [0.25, 0.3) is 22.9 Å². The molecule has 2 heterocycles. The van der Waals surface area contributed by atoms with E-state index in [-0.39, 0.29) is 0 Å². The molecule has 0 aliphatic rings. The van der Waals surface area contributed by atoms with Crippen LogP contribution >= 0.6 is 23.5 Å². The van der Waals surface area contributed by atoms with Gasteiger partial charge in [-0.15, -0.1) is 20.4 Å². The van der Waals surface area contributed by atoms with Gasteiger partial charge in [0.1, 0.15) is 0 Å². The van der Waals surface area contributed by atoms with Crippen molar-refractivity contribution in [3.63, 3.8) is 0 Å². The van der Waals surface area contributed by atoms with Crippen molar-refractivity contribution in [3.8, 4) is 22.9 Å². The molecule has 0 N–H and O–H groups in total. The first-order valence-electron chi connectivity index (χ1n) is 8.42. The number of hydrogen-bond donors (Lipinski definition) is 0. The summed E-state index contributed by atoms with van der Waals surface area (Å²) in [5.74, 6) is 2.85. The zero-order chi connectivity index (χ0) is 18.3. The lowest BCUT2D eigenvalue weighted by Gasteiger charge is -1.96. The van der Waals surface area contributed by atoms with Gasteiger partial charge in [-0.2, -0.15) is 0 Å². The molecule has 0 bridgehead atoms. The van der Waals surface area contributed by atoms with Crippen molar-refractivity contribution in [1.82, 2.24) is 20.4 Å². The summed E-state index contributed by atoms with van der Waals surface area (Å²) in [4.78, 5) is 0. The predicted molar refractivity (Wildman–Crippen MR) is 106 cm³/mol. The van der Waals surface area contributed by atoms with Gasteiger partial charge in [0.05, 0.1) is 0 Å². The normalized spacial score (nSPS) is 11.0. The topological polar surface area (TPSA) is 77.8 Å². The number of nitrogens with zero attached hydrogens (tertiary/aromatic N) is 4. The van der Waals surface area contributed by atoms with Crippen molar-refractivity contribution in [2.45, 2.75) is 16.9 Å². The third kappa shape index (κ3) is 4.78. The lowest BCUT2D eigenvalue weighted by atomic mass is 10.2. The maximum atomic E-state index is 5.68. The standard InChI is InChI=1S/C19H16N4O2S2/c1-3-8-14(9-4-1)16-20-22-18(24-16)26-12-7-13-27-19-23-21-17(25-19)15-10-5-2-6-11-15/h1-6,8-11H,7,12-13H2. The molecule has 0 amide bonds. The van der Waals surface area contributed by atoms with E-state index in [1.54, 1.807) is 23.5 Å². The van der Waals surface area contributed by atoms with Gasteiger partial charge in [-0.25, -0.2) is 0 Å². The van der Waals surface area contributed by atoms with Crippen LogP contribution in [0, 0.1) is 0 Å². The first-order chi connectivity index (χ1) is 13.4. The summed E-state index contributed by atoms with van der Waals surface area (Å²) in [5.41, 5.74) is 1.86. The van der Waals surface area contributed by atoms with Crippen LogP contribution in [0.1, 0.15) is 6.42 Å². The Bertz CT molecular complexity index is 894. The Morgan fingerprint density at radius 3 is 1.48 bits per heavy atom. The molecule has 0 fully saturated rings. The molecule has 0 aliphatic heterocycles. The average molecular weight is 396 g/mol. The Kier molecular flexibility index (Phi) is 5.86. The average Bonchev–Trinajstić information content (AvgIpc) is 3.39. The third-order valence-electron chi connectivity index (χ3n) is 3.59. The van der Waals surface area contributed by atoms with E-state index in [9.17, 15) is 0 Å². The van der Waals surface area contributed by atoms with Crippen LogP contribution < -0.4 is 0 Å². The molecule has 0 aliphatic carbocycles. The van der Waals surface area contributed by atoms with Crippen molar-refractivity contribution in [3.05, 3.63) is 60.7 Å². The van der Waals surface area contributed by atoms with E-state index in [0.717, 1.165) is 29.1 Å². The van der Waals surface area contributed by atoms with E-state index in [0.29, 0.717) is 22.2 Å². The van der Waals surface area contributed by atoms with E-state index in [4.69, 9.17) is 8.83 Å². The predicted octanol–water partition coefficient (Wildman–Crippen LogP) is 5.06. The van der Waals surface area contributed by atoms with Crippen LogP contribution in [0.5, 0.6) is 0 Å². The molecular weight excluding hydrogens is 380 g/mol. The summed E-state index contributed by atoms with van der Waals surface area (Å²) in [7, 11) is 0. The first kappa shape index (κ1) is 17.8. The lowest BCUT2D eigenvalue weighted by Crippen LogP contribution is -1.84. The Morgan fingerprint density at radius 2 is 1.04 bits per heavy atom. The number of benzene rings is 2. The first-order valence-corrected chi connectivity index (χ1v) is 10.4. The Hall–Kier alpha value is -2.58. The molecule has 0 saturated heterocycles. The van der Waals surface area contributed by atoms with Crippen molar-refractivity contribution >= 4 is 23.5 Å². The summed E-state index contributed by atoms with van der Waals surface area (Å²) in [6.45, 7) is 0. The van der Waals surface area contributed by atoms with Gasteiger partial charge in [-0.3, -0.25) is 0 Å². The van der Waals surface area contributed by atoms with Gasteiger partial charge in [0.2, 0.25) is 11.8 Å². The maximum absolute atomic E-state index is 5.68. The number of thioether (sulfide) groups is 2. The summed E-state index contributed by atoms with van der Waals surface area (Å²) in [6, 6.07) is 19.5. The largest absolute Gasteiger partial charge is 0.411 e. The van der Waals surface area contributed by atoms with Crippen LogP contribution in [0.4, 0.5) is 0 Å². The van der Waals surface area contributed by atoms with E-state index >= 15 is 0 Å². The summed E-state index contributed by atoms with van der Waals surface area (Å²) in [5, 5.41) is 17.5. The molecule has 8 heteroatoms. The van der Waals surface area contributed by atoms with E-state index < -0.39 is 0 Å². The smallest absolute Gasteiger partial charge is 0.276 e. The number of hydrogen-bond acceptors (Lipinski definition) is 8. The highest BCUT2D eigenvalue weighted by Gasteiger charge is 2.10. The molecule has 0 radical (unpaired) electrons. The second-order valence-corrected chi connectivity index (χ2v) is 7.62. The summed E-state index contributed by atoms with van der Waals surface area (Å²) < 4.78 is 11.4. The molecule has 136 valence electrons. The van der Waals surface area contributed by atoms with Crippen LogP contribution in [-0.2, 0) is 0 Å². The molecule has 0 spiro atoms. The van der Waals surface area contributed by atoms with Crippen LogP contribution in [-0.4, -0.2) is 31.9 Å². The van der Waals surface area contributed by atoms with Crippen LogP contribution in [0.2, 0.25) is 0 Å². The molecule has 6 nitrogen and oxygen atoms in total. The van der Waals surface area contributed by atoms with Gasteiger partial charge in [-0.05, 0) is 30.7 Å². The quantitative estimate of drug-likeness (QED) is 0.302. The van der Waals surface area contributed by atoms with Crippen LogP contribution in [0.3, 0.4) is 0 Å². The van der Waals surface area contributed by atoms with Gasteiger partial charge in [-0.1, -0.05) is 59.9 Å². The number of rotatable bonds is 8. The van der Waals surface area contributed by atoms with Gasteiger partial charge < -0.3 is 8.83 Å². The van der Waals surface area contributed by atoms with Crippen molar-refractivity contribution in [2.75, 3.05) is 11.5 Å². The number of aromatic nitrogens is 4. The lowest BCUT2D eigenvalue weighted by molar-refractivity contribution is 0.465. The van der Waals surface area contributed by atoms with E-state index in [1.807, 2.05) is 60.7 Å². The summed E-state index contributed by atoms with van der Waals surface area (Å²) >= 11 is 3.11. The molecule has 2 aromatic heterocycles.